The van der Waals surface area contributed by atoms with E-state index in [1.807, 2.05) is 19.2 Å². The molecular weight excluding hydrogens is 210 g/mol. The lowest BCUT2D eigenvalue weighted by atomic mass is 10.1. The predicted octanol–water partition coefficient (Wildman–Crippen LogP) is 2.47. The average Bonchev–Trinajstić information content (AvgIpc) is 2.16. The molecule has 0 atom stereocenters. The third-order valence-electron chi connectivity index (χ3n) is 2.41. The van der Waals surface area contributed by atoms with Gasteiger partial charge in [-0.25, -0.2) is 0 Å². The summed E-state index contributed by atoms with van der Waals surface area (Å²) in [5.74, 6) is 0.0376. The Morgan fingerprint density at radius 3 is 2.47 bits per heavy atom. The summed E-state index contributed by atoms with van der Waals surface area (Å²) in [6, 6.07) is 5.80. The lowest BCUT2D eigenvalue weighted by Gasteiger charge is -2.25. The molecule has 1 aromatic carbocycles. The first-order valence-electron chi connectivity index (χ1n) is 4.80. The Bertz CT molecular complexity index is 374. The summed E-state index contributed by atoms with van der Waals surface area (Å²) < 4.78 is 0. The fourth-order valence-corrected chi connectivity index (χ4v) is 1.55. The van der Waals surface area contributed by atoms with Gasteiger partial charge in [-0.15, -0.1) is 0 Å². The first-order chi connectivity index (χ1) is 6.93. The van der Waals surface area contributed by atoms with Gasteiger partial charge in [0.15, 0.2) is 0 Å². The van der Waals surface area contributed by atoms with Crippen LogP contribution in [0.2, 0.25) is 5.02 Å². The van der Waals surface area contributed by atoms with Crippen LogP contribution >= 0.6 is 11.6 Å². The van der Waals surface area contributed by atoms with E-state index in [9.17, 15) is 0 Å². The molecule has 0 bridgehead atoms. The highest BCUT2D eigenvalue weighted by atomic mass is 35.5. The molecule has 82 valence electrons. The smallest absolute Gasteiger partial charge is 0.122 e. The van der Waals surface area contributed by atoms with E-state index in [0.717, 1.165) is 5.69 Å². The Labute approximate surface area is 95.3 Å². The van der Waals surface area contributed by atoms with Crippen LogP contribution < -0.4 is 10.6 Å². The van der Waals surface area contributed by atoms with Gasteiger partial charge in [-0.1, -0.05) is 11.6 Å². The zero-order chi connectivity index (χ0) is 11.6. The van der Waals surface area contributed by atoms with Crippen molar-refractivity contribution < 1.29 is 0 Å². The van der Waals surface area contributed by atoms with E-state index in [1.165, 1.54) is 0 Å². The van der Waals surface area contributed by atoms with Crippen LogP contribution in [0.15, 0.2) is 18.2 Å². The Morgan fingerprint density at radius 2 is 2.07 bits per heavy atom. The molecule has 0 fully saturated rings. The molecule has 3 N–H and O–H groups in total. The number of rotatable bonds is 3. The molecule has 0 aliphatic rings. The van der Waals surface area contributed by atoms with E-state index in [-0.39, 0.29) is 5.84 Å². The Morgan fingerprint density at radius 1 is 1.47 bits per heavy atom. The van der Waals surface area contributed by atoms with Crippen LogP contribution in [0.3, 0.4) is 0 Å². The van der Waals surface area contributed by atoms with E-state index < -0.39 is 0 Å². The van der Waals surface area contributed by atoms with Gasteiger partial charge in [0, 0.05) is 18.7 Å². The highest BCUT2D eigenvalue weighted by Crippen LogP contribution is 2.27. The summed E-state index contributed by atoms with van der Waals surface area (Å²) >= 11 is 6.12. The van der Waals surface area contributed by atoms with E-state index in [1.54, 1.807) is 6.07 Å². The second kappa shape index (κ2) is 4.53. The van der Waals surface area contributed by atoms with E-state index >= 15 is 0 Å². The van der Waals surface area contributed by atoms with Crippen LogP contribution in [-0.4, -0.2) is 18.9 Å². The predicted molar refractivity (Wildman–Crippen MR) is 66.0 cm³/mol. The zero-order valence-corrected chi connectivity index (χ0v) is 9.97. The number of hydrogen-bond donors (Lipinski definition) is 2. The van der Waals surface area contributed by atoms with Crippen molar-refractivity contribution in [1.29, 1.82) is 5.41 Å². The van der Waals surface area contributed by atoms with Crippen LogP contribution in [0, 0.1) is 5.41 Å². The van der Waals surface area contributed by atoms with Gasteiger partial charge in [0.1, 0.15) is 5.84 Å². The van der Waals surface area contributed by atoms with E-state index in [2.05, 4.69) is 18.7 Å². The van der Waals surface area contributed by atoms with Crippen LogP contribution in [0.4, 0.5) is 5.69 Å². The number of nitrogens with zero attached hydrogens (tertiary/aromatic N) is 1. The number of anilines is 1. The van der Waals surface area contributed by atoms with Gasteiger partial charge in [0.25, 0.3) is 0 Å². The van der Waals surface area contributed by atoms with Gasteiger partial charge < -0.3 is 10.6 Å². The lowest BCUT2D eigenvalue weighted by molar-refractivity contribution is 0.755. The maximum atomic E-state index is 7.30. The van der Waals surface area contributed by atoms with Crippen molar-refractivity contribution in [1.82, 2.24) is 0 Å². The number of nitrogens with two attached hydrogens (primary N) is 1. The fraction of sp³-hybridized carbons (Fsp3) is 0.364. The van der Waals surface area contributed by atoms with E-state index in [0.29, 0.717) is 16.6 Å². The highest BCUT2D eigenvalue weighted by molar-refractivity contribution is 6.33. The minimum Gasteiger partial charge on any atom is -0.384 e. The van der Waals surface area contributed by atoms with Crippen LogP contribution in [-0.2, 0) is 0 Å². The van der Waals surface area contributed by atoms with Gasteiger partial charge in [-0.05, 0) is 32.0 Å². The second-order valence-corrected chi connectivity index (χ2v) is 4.19. The molecule has 0 radical (unpaired) electrons. The van der Waals surface area contributed by atoms with Gasteiger partial charge >= 0.3 is 0 Å². The number of benzene rings is 1. The van der Waals surface area contributed by atoms with Crippen molar-refractivity contribution in [2.45, 2.75) is 19.9 Å². The summed E-state index contributed by atoms with van der Waals surface area (Å²) in [4.78, 5) is 2.08. The van der Waals surface area contributed by atoms with Crippen LogP contribution in [0.25, 0.3) is 0 Å². The number of nitrogens with one attached hydrogen (secondary N) is 1. The summed E-state index contributed by atoms with van der Waals surface area (Å²) in [6.07, 6.45) is 0. The third kappa shape index (κ3) is 2.63. The summed E-state index contributed by atoms with van der Waals surface area (Å²) in [5, 5.41) is 7.92. The minimum atomic E-state index is 0.0376. The van der Waals surface area contributed by atoms with Gasteiger partial charge in [0.2, 0.25) is 0 Å². The molecule has 0 aromatic heterocycles. The monoisotopic (exact) mass is 225 g/mol. The average molecular weight is 226 g/mol. The Balaban J connectivity index is 3.08. The minimum absolute atomic E-state index is 0.0376. The second-order valence-electron chi connectivity index (χ2n) is 3.78. The van der Waals surface area contributed by atoms with Crippen molar-refractivity contribution in [2.75, 3.05) is 11.9 Å². The maximum Gasteiger partial charge on any atom is 0.122 e. The van der Waals surface area contributed by atoms with Gasteiger partial charge in [0.05, 0.1) is 10.7 Å². The molecule has 0 aliphatic carbocycles. The molecule has 3 nitrogen and oxygen atoms in total. The highest BCUT2D eigenvalue weighted by Gasteiger charge is 2.10. The van der Waals surface area contributed by atoms with Gasteiger partial charge in [-0.3, -0.25) is 5.41 Å². The summed E-state index contributed by atoms with van der Waals surface area (Å²) in [6.45, 7) is 4.18. The molecule has 0 spiro atoms. The molecule has 1 rings (SSSR count). The standard InChI is InChI=1S/C11H16ClN3/c1-7(2)15(3)10-5-4-8(11(13)14)6-9(10)12/h4-7H,1-3H3,(H3,13,14). The zero-order valence-electron chi connectivity index (χ0n) is 9.21. The first-order valence-corrected chi connectivity index (χ1v) is 5.18. The van der Waals surface area contributed by atoms with Crippen molar-refractivity contribution in [3.63, 3.8) is 0 Å². The molecule has 0 saturated heterocycles. The molecule has 15 heavy (non-hydrogen) atoms. The normalized spacial score (nSPS) is 10.5. The van der Waals surface area contributed by atoms with Crippen molar-refractivity contribution in [2.24, 2.45) is 5.73 Å². The Kier molecular flexibility index (Phi) is 3.58. The number of hydrogen-bond acceptors (Lipinski definition) is 2. The number of halogens is 1. The molecule has 0 heterocycles. The molecule has 0 amide bonds. The first kappa shape index (κ1) is 11.9. The molecule has 0 saturated carbocycles. The molecule has 0 unspecified atom stereocenters. The fourth-order valence-electron chi connectivity index (χ4n) is 1.24. The summed E-state index contributed by atoms with van der Waals surface area (Å²) in [7, 11) is 1.99. The van der Waals surface area contributed by atoms with E-state index in [4.69, 9.17) is 22.7 Å². The molecular formula is C11H16ClN3. The van der Waals surface area contributed by atoms with Crippen molar-refractivity contribution >= 4 is 23.1 Å². The molecule has 0 aliphatic heterocycles. The number of amidine groups is 1. The summed E-state index contributed by atoms with van der Waals surface area (Å²) in [5.41, 5.74) is 6.99. The topological polar surface area (TPSA) is 53.1 Å². The Hall–Kier alpha value is -1.22. The molecule has 4 heteroatoms. The van der Waals surface area contributed by atoms with Gasteiger partial charge in [-0.2, -0.15) is 0 Å². The largest absolute Gasteiger partial charge is 0.384 e. The lowest BCUT2D eigenvalue weighted by Crippen LogP contribution is -2.26. The van der Waals surface area contributed by atoms with Crippen LogP contribution in [0.5, 0.6) is 0 Å². The number of nitrogen functional groups attached to an aromatic ring is 1. The third-order valence-corrected chi connectivity index (χ3v) is 2.72. The van der Waals surface area contributed by atoms with Crippen LogP contribution in [0.1, 0.15) is 19.4 Å². The van der Waals surface area contributed by atoms with Crippen molar-refractivity contribution in [3.05, 3.63) is 28.8 Å². The maximum absolute atomic E-state index is 7.30. The SMILES string of the molecule is CC(C)N(C)c1ccc(C(=N)N)cc1Cl. The molecule has 1 aromatic rings. The quantitative estimate of drug-likeness (QED) is 0.614. The van der Waals surface area contributed by atoms with Crippen molar-refractivity contribution in [3.8, 4) is 0 Å².